The van der Waals surface area contributed by atoms with Gasteiger partial charge in [-0.15, -0.1) is 5.10 Å². The summed E-state index contributed by atoms with van der Waals surface area (Å²) in [5, 5.41) is 11.1. The molecule has 0 radical (unpaired) electrons. The van der Waals surface area contributed by atoms with Gasteiger partial charge >= 0.3 is 0 Å². The van der Waals surface area contributed by atoms with Crippen LogP contribution >= 0.6 is 11.6 Å². The number of benzene rings is 2. The number of halogens is 2. The predicted molar refractivity (Wildman–Crippen MR) is 148 cm³/mol. The number of anilines is 3. The molecule has 10 nitrogen and oxygen atoms in total. The number of ether oxygens (including phenoxy) is 3. The lowest BCUT2D eigenvalue weighted by Crippen LogP contribution is -2.28. The zero-order chi connectivity index (χ0) is 27.8. The van der Waals surface area contributed by atoms with E-state index in [1.54, 1.807) is 7.11 Å². The first kappa shape index (κ1) is 26.3. The van der Waals surface area contributed by atoms with Crippen LogP contribution in [-0.2, 0) is 16.0 Å². The smallest absolute Gasteiger partial charge is 0.271 e. The Morgan fingerprint density at radius 1 is 1.23 bits per heavy atom. The summed E-state index contributed by atoms with van der Waals surface area (Å²) in [5.74, 6) is 0.756. The first-order chi connectivity index (χ1) is 19.4. The standard InChI is InChI=1S/C28H28ClFN6O4/c1-35(15-16-6-8-17(38-2)9-7-16)22-13-24(32-20-5-3-4-18(25(20)29)28-39-10-11-40-28)34-36-23(14-31-26(22)36)27(37)33-21-12-19(21)30/h3-9,13-14,19,21,28H,10-12,15H2,1-2H3,(H,32,34)(H,33,37)/t19-,21+/m0/s1. The first-order valence-electron chi connectivity index (χ1n) is 12.9. The molecule has 4 aromatic rings. The van der Waals surface area contributed by atoms with Crippen molar-refractivity contribution in [3.63, 3.8) is 0 Å². The number of hydrogen-bond acceptors (Lipinski definition) is 8. The van der Waals surface area contributed by atoms with Gasteiger partial charge < -0.3 is 29.7 Å². The molecule has 40 heavy (non-hydrogen) atoms. The molecule has 2 aromatic carbocycles. The van der Waals surface area contributed by atoms with Gasteiger partial charge in [0, 0.05) is 31.6 Å². The number of nitrogens with one attached hydrogen (secondary N) is 2. The van der Waals surface area contributed by atoms with E-state index in [1.807, 2.05) is 60.5 Å². The number of rotatable bonds is 9. The number of carbonyl (C=O) groups excluding carboxylic acids is 1. The van der Waals surface area contributed by atoms with Crippen molar-refractivity contribution in [1.29, 1.82) is 0 Å². The summed E-state index contributed by atoms with van der Waals surface area (Å²) in [7, 11) is 3.56. The summed E-state index contributed by atoms with van der Waals surface area (Å²) in [5.41, 5.74) is 3.74. The van der Waals surface area contributed by atoms with E-state index in [1.165, 1.54) is 10.7 Å². The highest BCUT2D eigenvalue weighted by molar-refractivity contribution is 6.34. The molecule has 2 aromatic heterocycles. The number of amides is 1. The minimum absolute atomic E-state index is 0.199. The monoisotopic (exact) mass is 566 g/mol. The molecular weight excluding hydrogens is 539 g/mol. The molecule has 1 saturated heterocycles. The van der Waals surface area contributed by atoms with Crippen LogP contribution in [-0.4, -0.2) is 60.1 Å². The highest BCUT2D eigenvalue weighted by Gasteiger charge is 2.39. The van der Waals surface area contributed by atoms with Gasteiger partial charge in [-0.2, -0.15) is 0 Å². The second-order valence-electron chi connectivity index (χ2n) is 9.74. The second kappa shape index (κ2) is 10.9. The van der Waals surface area contributed by atoms with E-state index in [2.05, 4.69) is 20.7 Å². The number of methoxy groups -OCH3 is 1. The van der Waals surface area contributed by atoms with Crippen LogP contribution in [0.3, 0.4) is 0 Å². The lowest BCUT2D eigenvalue weighted by atomic mass is 10.2. The topological polar surface area (TPSA) is 102 Å². The maximum atomic E-state index is 13.5. The number of alkyl halides is 1. The fourth-order valence-electron chi connectivity index (χ4n) is 4.60. The van der Waals surface area contributed by atoms with Gasteiger partial charge in [0.15, 0.2) is 23.4 Å². The molecule has 2 atom stereocenters. The van der Waals surface area contributed by atoms with Crippen molar-refractivity contribution in [1.82, 2.24) is 19.9 Å². The highest BCUT2D eigenvalue weighted by atomic mass is 35.5. The van der Waals surface area contributed by atoms with Crippen LogP contribution in [0.5, 0.6) is 5.75 Å². The molecule has 1 aliphatic carbocycles. The minimum Gasteiger partial charge on any atom is -0.497 e. The summed E-state index contributed by atoms with van der Waals surface area (Å²) in [6, 6.07) is 14.7. The fraction of sp³-hybridized carbons (Fsp3) is 0.321. The van der Waals surface area contributed by atoms with Gasteiger partial charge in [0.1, 0.15) is 11.9 Å². The van der Waals surface area contributed by atoms with Crippen molar-refractivity contribution in [2.24, 2.45) is 0 Å². The minimum atomic E-state index is -1.03. The van der Waals surface area contributed by atoms with Crippen molar-refractivity contribution in [3.8, 4) is 5.75 Å². The van der Waals surface area contributed by atoms with Gasteiger partial charge in [0.2, 0.25) is 0 Å². The van der Waals surface area contributed by atoms with Crippen LogP contribution < -0.4 is 20.3 Å². The number of nitrogens with zero attached hydrogens (tertiary/aromatic N) is 4. The summed E-state index contributed by atoms with van der Waals surface area (Å²) >= 11 is 6.74. The van der Waals surface area contributed by atoms with Crippen molar-refractivity contribution < 1.29 is 23.4 Å². The zero-order valence-electron chi connectivity index (χ0n) is 21.9. The molecule has 0 bridgehead atoms. The largest absolute Gasteiger partial charge is 0.497 e. The molecule has 1 saturated carbocycles. The van der Waals surface area contributed by atoms with Gasteiger partial charge in [-0.25, -0.2) is 13.9 Å². The Bertz CT molecular complexity index is 1540. The van der Waals surface area contributed by atoms with E-state index in [9.17, 15) is 9.18 Å². The summed E-state index contributed by atoms with van der Waals surface area (Å²) < 4.78 is 31.5. The van der Waals surface area contributed by atoms with Gasteiger partial charge in [-0.1, -0.05) is 35.9 Å². The maximum Gasteiger partial charge on any atom is 0.271 e. The fourth-order valence-corrected chi connectivity index (χ4v) is 4.86. The Kier molecular flexibility index (Phi) is 7.18. The van der Waals surface area contributed by atoms with Crippen molar-refractivity contribution in [3.05, 3.63) is 76.6 Å². The van der Waals surface area contributed by atoms with Crippen molar-refractivity contribution in [2.75, 3.05) is 37.6 Å². The second-order valence-corrected chi connectivity index (χ2v) is 10.1. The number of carbonyl (C=O) groups is 1. The third-order valence-electron chi connectivity index (χ3n) is 6.87. The third-order valence-corrected chi connectivity index (χ3v) is 7.29. The quantitative estimate of drug-likeness (QED) is 0.302. The lowest BCUT2D eigenvalue weighted by Gasteiger charge is -2.21. The molecule has 0 unspecified atom stereocenters. The average Bonchev–Trinajstić information content (AvgIpc) is 3.33. The van der Waals surface area contributed by atoms with Gasteiger partial charge in [-0.3, -0.25) is 4.79 Å². The summed E-state index contributed by atoms with van der Waals surface area (Å²) in [6.45, 7) is 1.54. The maximum absolute atomic E-state index is 13.5. The SMILES string of the molecule is COc1ccc(CN(C)c2cc(Nc3cccc(C4OCCO4)c3Cl)nn3c(C(=O)N[C@@H]4C[C@@H]4F)cnc23)cc1. The van der Waals surface area contributed by atoms with E-state index in [4.69, 9.17) is 25.8 Å². The molecule has 6 rings (SSSR count). The molecule has 2 N–H and O–H groups in total. The van der Waals surface area contributed by atoms with Crippen LogP contribution in [0, 0.1) is 0 Å². The Balaban J connectivity index is 1.36. The van der Waals surface area contributed by atoms with Gasteiger partial charge in [0.05, 0.1) is 49.0 Å². The first-order valence-corrected chi connectivity index (χ1v) is 13.3. The number of hydrogen-bond donors (Lipinski definition) is 2. The number of imidazole rings is 1. The molecule has 2 fully saturated rings. The van der Waals surface area contributed by atoms with Gasteiger partial charge in [-0.05, 0) is 23.8 Å². The molecule has 1 aliphatic heterocycles. The number of aromatic nitrogens is 3. The van der Waals surface area contributed by atoms with Crippen molar-refractivity contribution >= 4 is 40.3 Å². The molecule has 2 aliphatic rings. The van der Waals surface area contributed by atoms with E-state index in [0.717, 1.165) is 17.0 Å². The Labute approximate surface area is 235 Å². The highest BCUT2D eigenvalue weighted by Crippen LogP contribution is 2.36. The van der Waals surface area contributed by atoms with Crippen LogP contribution in [0.25, 0.3) is 5.65 Å². The molecule has 1 amide bonds. The van der Waals surface area contributed by atoms with Crippen LogP contribution in [0.15, 0.2) is 54.7 Å². The lowest BCUT2D eigenvalue weighted by molar-refractivity contribution is -0.0439. The number of fused-ring (bicyclic) bond motifs is 1. The van der Waals surface area contributed by atoms with Gasteiger partial charge in [0.25, 0.3) is 5.91 Å². The molecule has 3 heterocycles. The normalized spacial score (nSPS) is 18.6. The van der Waals surface area contributed by atoms with Crippen LogP contribution in [0.4, 0.5) is 21.6 Å². The van der Waals surface area contributed by atoms with E-state index < -0.39 is 24.4 Å². The molecule has 0 spiro atoms. The summed E-state index contributed by atoms with van der Waals surface area (Å²) in [4.78, 5) is 19.5. The molecule has 12 heteroatoms. The Hall–Kier alpha value is -3.93. The van der Waals surface area contributed by atoms with Crippen LogP contribution in [0.2, 0.25) is 5.02 Å². The van der Waals surface area contributed by atoms with Crippen LogP contribution in [0.1, 0.15) is 34.3 Å². The summed E-state index contributed by atoms with van der Waals surface area (Å²) in [6.07, 6.45) is 0.190. The van der Waals surface area contributed by atoms with E-state index in [-0.39, 0.29) is 5.69 Å². The zero-order valence-corrected chi connectivity index (χ0v) is 22.7. The van der Waals surface area contributed by atoms with Crippen molar-refractivity contribution in [2.45, 2.75) is 31.5 Å². The van der Waals surface area contributed by atoms with E-state index >= 15 is 0 Å². The Morgan fingerprint density at radius 2 is 1.98 bits per heavy atom. The van der Waals surface area contributed by atoms with E-state index in [0.29, 0.717) is 53.9 Å². The molecular formula is C28H28ClFN6O4. The predicted octanol–water partition coefficient (Wildman–Crippen LogP) is 4.66. The third kappa shape index (κ3) is 5.27. The average molecular weight is 567 g/mol. The molecule has 208 valence electrons. The Morgan fingerprint density at radius 3 is 2.67 bits per heavy atom.